The third kappa shape index (κ3) is 4.10. The fourth-order valence-corrected chi connectivity index (χ4v) is 4.08. The third-order valence-corrected chi connectivity index (χ3v) is 5.78. The minimum Gasteiger partial charge on any atom is -0.497 e. The second-order valence-corrected chi connectivity index (χ2v) is 7.58. The van der Waals surface area contributed by atoms with Crippen LogP contribution in [0, 0.1) is 0 Å². The number of ether oxygens (including phenoxy) is 2. The van der Waals surface area contributed by atoms with Crippen LogP contribution in [0.25, 0.3) is 22.3 Å². The van der Waals surface area contributed by atoms with Crippen LogP contribution >= 0.6 is 11.8 Å². The van der Waals surface area contributed by atoms with E-state index in [1.165, 1.54) is 11.8 Å². The molecule has 0 aliphatic heterocycles. The molecule has 0 fully saturated rings. The summed E-state index contributed by atoms with van der Waals surface area (Å²) >= 11 is 1.38. The summed E-state index contributed by atoms with van der Waals surface area (Å²) in [6.07, 6.45) is 1.94. The van der Waals surface area contributed by atoms with Gasteiger partial charge in [-0.3, -0.25) is 9.36 Å². The van der Waals surface area contributed by atoms with Crippen LogP contribution in [-0.2, 0) is 11.3 Å². The lowest BCUT2D eigenvalue weighted by Crippen LogP contribution is -2.09. The summed E-state index contributed by atoms with van der Waals surface area (Å²) in [6, 6.07) is 15.2. The lowest BCUT2D eigenvalue weighted by Gasteiger charge is -2.09. The number of aromatic amines is 1. The fraction of sp³-hybridized carbons (Fsp3) is 0.227. The first-order chi connectivity index (χ1) is 14.7. The summed E-state index contributed by atoms with van der Waals surface area (Å²) < 4.78 is 12.4. The number of Topliss-reactive ketones (excluding diaryl/α,β-unsaturated/α-hetero) is 1. The topological polar surface area (TPSA) is 82.0 Å². The van der Waals surface area contributed by atoms with Crippen molar-refractivity contribution in [3.8, 4) is 17.1 Å². The average Bonchev–Trinajstić information content (AvgIpc) is 3.39. The number of para-hydroxylation sites is 1. The molecule has 2 aromatic heterocycles. The van der Waals surface area contributed by atoms with Crippen molar-refractivity contribution >= 4 is 28.4 Å². The molecule has 2 heterocycles. The Morgan fingerprint density at radius 3 is 2.67 bits per heavy atom. The van der Waals surface area contributed by atoms with E-state index >= 15 is 0 Å². The second kappa shape index (κ2) is 9.15. The van der Waals surface area contributed by atoms with Crippen molar-refractivity contribution in [1.82, 2.24) is 19.7 Å². The summed E-state index contributed by atoms with van der Waals surface area (Å²) in [7, 11) is 3.26. The molecular formula is C22H22N4O3S. The van der Waals surface area contributed by atoms with Gasteiger partial charge in [-0.15, -0.1) is 10.2 Å². The van der Waals surface area contributed by atoms with Gasteiger partial charge in [0.2, 0.25) is 0 Å². The quantitative estimate of drug-likeness (QED) is 0.324. The van der Waals surface area contributed by atoms with Crippen LogP contribution in [0.15, 0.2) is 59.9 Å². The normalized spacial score (nSPS) is 11.1. The molecule has 0 unspecified atom stereocenters. The Bertz CT molecular complexity index is 1150. The van der Waals surface area contributed by atoms with Crippen LogP contribution in [0.2, 0.25) is 0 Å². The number of aromatic nitrogens is 4. The average molecular weight is 423 g/mol. The van der Waals surface area contributed by atoms with Crippen molar-refractivity contribution in [3.63, 3.8) is 0 Å². The van der Waals surface area contributed by atoms with E-state index < -0.39 is 0 Å². The zero-order valence-electron chi connectivity index (χ0n) is 16.8. The van der Waals surface area contributed by atoms with E-state index in [2.05, 4.69) is 21.2 Å². The van der Waals surface area contributed by atoms with E-state index in [0.717, 1.165) is 28.0 Å². The molecule has 1 N–H and O–H groups in total. The number of ketones is 1. The van der Waals surface area contributed by atoms with Crippen LogP contribution in [0.4, 0.5) is 0 Å². The number of H-pyrrole nitrogens is 1. The predicted molar refractivity (Wildman–Crippen MR) is 117 cm³/mol. The maximum atomic E-state index is 12.6. The minimum absolute atomic E-state index is 0.0255. The molecule has 0 saturated carbocycles. The molecule has 154 valence electrons. The van der Waals surface area contributed by atoms with Gasteiger partial charge < -0.3 is 14.5 Å². The smallest absolute Gasteiger partial charge is 0.192 e. The summed E-state index contributed by atoms with van der Waals surface area (Å²) in [5.41, 5.74) is 2.66. The molecule has 30 heavy (non-hydrogen) atoms. The number of hydrogen-bond donors (Lipinski definition) is 1. The molecule has 0 radical (unpaired) electrons. The highest BCUT2D eigenvalue weighted by atomic mass is 32.2. The molecule has 0 aliphatic rings. The fourth-order valence-electron chi connectivity index (χ4n) is 3.23. The highest BCUT2D eigenvalue weighted by molar-refractivity contribution is 7.99. The van der Waals surface area contributed by atoms with E-state index in [9.17, 15) is 4.79 Å². The number of fused-ring (bicyclic) bond motifs is 1. The molecule has 8 heteroatoms. The monoisotopic (exact) mass is 422 g/mol. The number of carbonyl (C=O) groups excluding carboxylic acids is 1. The molecule has 4 rings (SSSR count). The van der Waals surface area contributed by atoms with Crippen molar-refractivity contribution in [2.45, 2.75) is 11.7 Å². The van der Waals surface area contributed by atoms with Gasteiger partial charge in [0, 0.05) is 35.3 Å². The van der Waals surface area contributed by atoms with Crippen molar-refractivity contribution in [3.05, 3.63) is 60.3 Å². The van der Waals surface area contributed by atoms with E-state index in [0.29, 0.717) is 23.9 Å². The van der Waals surface area contributed by atoms with Gasteiger partial charge in [-0.25, -0.2) is 0 Å². The van der Waals surface area contributed by atoms with Crippen molar-refractivity contribution in [2.75, 3.05) is 26.6 Å². The zero-order valence-corrected chi connectivity index (χ0v) is 17.6. The van der Waals surface area contributed by atoms with Crippen LogP contribution in [0.5, 0.6) is 5.75 Å². The van der Waals surface area contributed by atoms with E-state index in [-0.39, 0.29) is 11.5 Å². The largest absolute Gasteiger partial charge is 0.497 e. The first kappa shape index (κ1) is 20.2. The number of rotatable bonds is 9. The Hall–Kier alpha value is -3.10. The van der Waals surface area contributed by atoms with Crippen molar-refractivity contribution in [1.29, 1.82) is 0 Å². The van der Waals surface area contributed by atoms with E-state index in [4.69, 9.17) is 9.47 Å². The number of carbonyl (C=O) groups is 1. The van der Waals surface area contributed by atoms with Crippen LogP contribution in [0.3, 0.4) is 0 Å². The number of benzene rings is 2. The van der Waals surface area contributed by atoms with Crippen LogP contribution in [-0.4, -0.2) is 52.1 Å². The highest BCUT2D eigenvalue weighted by Gasteiger charge is 2.18. The van der Waals surface area contributed by atoms with Crippen molar-refractivity contribution in [2.24, 2.45) is 0 Å². The maximum absolute atomic E-state index is 12.6. The van der Waals surface area contributed by atoms with Gasteiger partial charge in [-0.1, -0.05) is 30.0 Å². The standard InChI is InChI=1S/C22H22N4O3S/c1-28-12-11-26-21(18-13-23-19-6-4-3-5-17(18)19)24-25-22(26)30-14-20(27)15-7-9-16(29-2)10-8-15/h3-10,13,23H,11-12,14H2,1-2H3. The summed E-state index contributed by atoms with van der Waals surface area (Å²) in [5, 5.41) is 10.6. The predicted octanol–water partition coefficient (Wildman–Crippen LogP) is 4.06. The van der Waals surface area contributed by atoms with Gasteiger partial charge >= 0.3 is 0 Å². The first-order valence-electron chi connectivity index (χ1n) is 9.50. The highest BCUT2D eigenvalue weighted by Crippen LogP contribution is 2.30. The minimum atomic E-state index is 0.0255. The molecule has 7 nitrogen and oxygen atoms in total. The summed E-state index contributed by atoms with van der Waals surface area (Å²) in [4.78, 5) is 15.9. The molecule has 0 amide bonds. The Balaban J connectivity index is 1.58. The first-order valence-corrected chi connectivity index (χ1v) is 10.5. The molecular weight excluding hydrogens is 400 g/mol. The van der Waals surface area contributed by atoms with Crippen molar-refractivity contribution < 1.29 is 14.3 Å². The number of nitrogens with zero attached hydrogens (tertiary/aromatic N) is 3. The molecule has 0 atom stereocenters. The second-order valence-electron chi connectivity index (χ2n) is 6.64. The molecule has 0 spiro atoms. The Labute approximate surface area is 178 Å². The lowest BCUT2D eigenvalue weighted by molar-refractivity contribution is 0.102. The maximum Gasteiger partial charge on any atom is 0.192 e. The van der Waals surface area contributed by atoms with Crippen LogP contribution in [0.1, 0.15) is 10.4 Å². The van der Waals surface area contributed by atoms with Gasteiger partial charge in [0.15, 0.2) is 16.8 Å². The lowest BCUT2D eigenvalue weighted by atomic mass is 10.1. The molecule has 2 aromatic carbocycles. The Morgan fingerprint density at radius 2 is 1.90 bits per heavy atom. The molecule has 0 bridgehead atoms. The summed E-state index contributed by atoms with van der Waals surface area (Å²) in [5.74, 6) is 1.77. The third-order valence-electron chi connectivity index (χ3n) is 4.81. The molecule has 4 aromatic rings. The van der Waals surface area contributed by atoms with Gasteiger partial charge in [-0.05, 0) is 30.3 Å². The molecule has 0 aliphatic carbocycles. The number of methoxy groups -OCH3 is 2. The van der Waals surface area contributed by atoms with Gasteiger partial charge in [-0.2, -0.15) is 0 Å². The number of thioether (sulfide) groups is 1. The number of hydrogen-bond acceptors (Lipinski definition) is 6. The Morgan fingerprint density at radius 1 is 1.10 bits per heavy atom. The van der Waals surface area contributed by atoms with Gasteiger partial charge in [0.05, 0.1) is 26.0 Å². The molecule has 0 saturated heterocycles. The zero-order chi connectivity index (χ0) is 20.9. The van der Waals surface area contributed by atoms with Gasteiger partial charge in [0.1, 0.15) is 5.75 Å². The summed E-state index contributed by atoms with van der Waals surface area (Å²) in [6.45, 7) is 1.12. The van der Waals surface area contributed by atoms with E-state index in [1.807, 2.05) is 29.0 Å². The number of nitrogens with one attached hydrogen (secondary N) is 1. The SMILES string of the molecule is COCCn1c(SCC(=O)c2ccc(OC)cc2)nnc1-c1c[nH]c2ccccc12. The van der Waals surface area contributed by atoms with Crippen LogP contribution < -0.4 is 4.74 Å². The van der Waals surface area contributed by atoms with Gasteiger partial charge in [0.25, 0.3) is 0 Å². The Kier molecular flexibility index (Phi) is 6.15. The van der Waals surface area contributed by atoms with E-state index in [1.54, 1.807) is 38.5 Å².